The minimum Gasteiger partial charge on any atom is -0.491 e. The van der Waals surface area contributed by atoms with Gasteiger partial charge in [0.05, 0.1) is 18.2 Å². The average Bonchev–Trinajstić information content (AvgIpc) is 3.27. The molecule has 7 heteroatoms. The van der Waals surface area contributed by atoms with Crippen molar-refractivity contribution in [3.8, 4) is 5.75 Å². The molecule has 2 aromatic rings. The Morgan fingerprint density at radius 1 is 1.03 bits per heavy atom. The van der Waals surface area contributed by atoms with E-state index in [1.54, 1.807) is 0 Å². The number of aliphatic hydroxyl groups is 4. The van der Waals surface area contributed by atoms with Gasteiger partial charge in [-0.05, 0) is 35.1 Å². The summed E-state index contributed by atoms with van der Waals surface area (Å²) < 4.78 is 11.6. The van der Waals surface area contributed by atoms with Gasteiger partial charge in [-0.3, -0.25) is 0 Å². The molecule has 0 amide bonds. The van der Waals surface area contributed by atoms with Crippen LogP contribution in [0.4, 0.5) is 0 Å². The second kappa shape index (κ2) is 9.45. The Labute approximate surface area is 187 Å². The average molecular weight is 449 g/mol. The van der Waals surface area contributed by atoms with Crippen LogP contribution in [0.15, 0.2) is 30.3 Å². The highest BCUT2D eigenvalue weighted by Gasteiger charge is 2.45. The zero-order chi connectivity index (χ0) is 22.1. The molecule has 2 aliphatic rings. The van der Waals surface area contributed by atoms with E-state index in [9.17, 15) is 20.4 Å². The number of aliphatic hydroxyl groups excluding tert-OH is 4. The van der Waals surface area contributed by atoms with Gasteiger partial charge in [-0.2, -0.15) is 0 Å². The van der Waals surface area contributed by atoms with Crippen LogP contribution in [0.5, 0.6) is 5.75 Å². The predicted octanol–water partition coefficient (Wildman–Crippen LogP) is 2.33. The molecule has 0 aromatic heterocycles. The number of fused-ring (bicyclic) bond motifs is 1. The van der Waals surface area contributed by atoms with Crippen molar-refractivity contribution in [1.82, 2.24) is 0 Å². The van der Waals surface area contributed by atoms with Crippen molar-refractivity contribution in [2.45, 2.75) is 63.1 Å². The summed E-state index contributed by atoms with van der Waals surface area (Å²) in [4.78, 5) is 0. The number of benzene rings is 2. The van der Waals surface area contributed by atoms with Crippen LogP contribution in [0.3, 0.4) is 0 Å². The summed E-state index contributed by atoms with van der Waals surface area (Å²) in [5.41, 5.74) is 4.72. The first-order valence-electron chi connectivity index (χ1n) is 10.8. The minimum atomic E-state index is -1.43. The van der Waals surface area contributed by atoms with Crippen LogP contribution in [0.2, 0.25) is 5.02 Å². The lowest BCUT2D eigenvalue weighted by atomic mass is 9.87. The van der Waals surface area contributed by atoms with E-state index in [2.05, 4.69) is 31.2 Å². The van der Waals surface area contributed by atoms with E-state index in [0.717, 1.165) is 29.5 Å². The van der Waals surface area contributed by atoms with Gasteiger partial charge >= 0.3 is 0 Å². The fourth-order valence-corrected chi connectivity index (χ4v) is 4.77. The third-order valence-electron chi connectivity index (χ3n) is 6.19. The predicted molar refractivity (Wildman–Crippen MR) is 117 cm³/mol. The van der Waals surface area contributed by atoms with Crippen molar-refractivity contribution in [2.24, 2.45) is 0 Å². The molecule has 6 nitrogen and oxygen atoms in total. The van der Waals surface area contributed by atoms with Gasteiger partial charge < -0.3 is 29.9 Å². The Balaban J connectivity index is 1.70. The summed E-state index contributed by atoms with van der Waals surface area (Å²) in [7, 11) is 0. The standard InChI is InChI=1S/C24H29ClO6/c1-2-3-13-4-6-14(7-5-13)10-15-11-17(16-8-9-30-23(16)19(15)25)24-22(29)21(28)20(27)18(12-26)31-24/h4-7,11,18,20-22,24,26-29H,2-3,8-10,12H2,1H3/t18-,20-,21+,22-,24+/m1/s1. The molecule has 31 heavy (non-hydrogen) atoms. The zero-order valence-electron chi connectivity index (χ0n) is 17.5. The van der Waals surface area contributed by atoms with Gasteiger partial charge in [-0.25, -0.2) is 0 Å². The van der Waals surface area contributed by atoms with E-state index >= 15 is 0 Å². The molecule has 4 rings (SSSR count). The maximum absolute atomic E-state index is 10.6. The highest BCUT2D eigenvalue weighted by molar-refractivity contribution is 6.33. The molecule has 0 saturated carbocycles. The summed E-state index contributed by atoms with van der Waals surface area (Å²) in [5, 5.41) is 41.1. The third kappa shape index (κ3) is 4.33. The smallest absolute Gasteiger partial charge is 0.141 e. The van der Waals surface area contributed by atoms with Gasteiger partial charge in [0.15, 0.2) is 0 Å². The first kappa shape index (κ1) is 22.5. The summed E-state index contributed by atoms with van der Waals surface area (Å²) in [5.74, 6) is 0.578. The molecule has 4 N–H and O–H groups in total. The number of hydrogen-bond donors (Lipinski definition) is 4. The van der Waals surface area contributed by atoms with Crippen LogP contribution in [-0.4, -0.2) is 58.1 Å². The van der Waals surface area contributed by atoms with Crippen molar-refractivity contribution < 1.29 is 29.9 Å². The van der Waals surface area contributed by atoms with Crippen molar-refractivity contribution in [3.63, 3.8) is 0 Å². The first-order valence-corrected chi connectivity index (χ1v) is 11.2. The lowest BCUT2D eigenvalue weighted by molar-refractivity contribution is -0.231. The molecular formula is C24H29ClO6. The van der Waals surface area contributed by atoms with Gasteiger partial charge in [0.1, 0.15) is 36.3 Å². The second-order valence-electron chi connectivity index (χ2n) is 8.34. The molecule has 2 heterocycles. The summed E-state index contributed by atoms with van der Waals surface area (Å²) in [6.45, 7) is 2.15. The van der Waals surface area contributed by atoms with E-state index in [0.29, 0.717) is 35.8 Å². The van der Waals surface area contributed by atoms with Crippen LogP contribution < -0.4 is 4.74 Å². The molecule has 2 aliphatic heterocycles. The molecule has 5 atom stereocenters. The molecule has 1 fully saturated rings. The lowest BCUT2D eigenvalue weighted by Crippen LogP contribution is -2.55. The number of ether oxygens (including phenoxy) is 2. The molecule has 168 valence electrons. The number of rotatable bonds is 6. The van der Waals surface area contributed by atoms with Crippen molar-refractivity contribution >= 4 is 11.6 Å². The zero-order valence-corrected chi connectivity index (χ0v) is 18.3. The first-order chi connectivity index (χ1) is 14.9. The number of hydrogen-bond acceptors (Lipinski definition) is 6. The van der Waals surface area contributed by atoms with E-state index in [-0.39, 0.29) is 0 Å². The molecule has 0 unspecified atom stereocenters. The largest absolute Gasteiger partial charge is 0.491 e. The van der Waals surface area contributed by atoms with E-state index < -0.39 is 37.1 Å². The van der Waals surface area contributed by atoms with Crippen LogP contribution in [-0.2, 0) is 24.0 Å². The molecule has 1 saturated heterocycles. The van der Waals surface area contributed by atoms with Gasteiger partial charge in [-0.1, -0.05) is 55.3 Å². The van der Waals surface area contributed by atoms with Gasteiger partial charge in [0.2, 0.25) is 0 Å². The third-order valence-corrected chi connectivity index (χ3v) is 6.60. The normalized spacial score (nSPS) is 27.7. The molecule has 0 radical (unpaired) electrons. The quantitative estimate of drug-likeness (QED) is 0.541. The van der Waals surface area contributed by atoms with Crippen LogP contribution in [0, 0.1) is 0 Å². The molecule has 0 bridgehead atoms. The Morgan fingerprint density at radius 2 is 1.74 bits per heavy atom. The Bertz CT molecular complexity index is 913. The van der Waals surface area contributed by atoms with Gasteiger partial charge in [0.25, 0.3) is 0 Å². The lowest BCUT2D eigenvalue weighted by Gasteiger charge is -2.40. The van der Waals surface area contributed by atoms with Gasteiger partial charge in [0, 0.05) is 12.0 Å². The van der Waals surface area contributed by atoms with Crippen LogP contribution in [0.25, 0.3) is 0 Å². The fourth-order valence-electron chi connectivity index (χ4n) is 4.48. The molecule has 2 aromatic carbocycles. The Kier molecular flexibility index (Phi) is 6.86. The second-order valence-corrected chi connectivity index (χ2v) is 8.72. The summed E-state index contributed by atoms with van der Waals surface area (Å²) in [6.07, 6.45) is -2.74. The minimum absolute atomic E-state index is 0.467. The SMILES string of the molecule is CCCc1ccc(Cc2cc([C@@H]3O[C@H](CO)[C@@H](O)[C@H](O)[C@H]3O)c3c(c2Cl)OCC3)cc1. The topological polar surface area (TPSA) is 99.4 Å². The molecule has 0 spiro atoms. The Morgan fingerprint density at radius 3 is 2.42 bits per heavy atom. The van der Waals surface area contributed by atoms with E-state index in [1.165, 1.54) is 5.56 Å². The maximum Gasteiger partial charge on any atom is 0.141 e. The van der Waals surface area contributed by atoms with E-state index in [4.69, 9.17) is 21.1 Å². The van der Waals surface area contributed by atoms with Crippen LogP contribution in [0.1, 0.15) is 47.3 Å². The van der Waals surface area contributed by atoms with Crippen molar-refractivity contribution in [2.75, 3.05) is 13.2 Å². The van der Waals surface area contributed by atoms with E-state index in [1.807, 2.05) is 6.07 Å². The molecular weight excluding hydrogens is 420 g/mol. The maximum atomic E-state index is 10.6. The summed E-state index contributed by atoms with van der Waals surface area (Å²) in [6, 6.07) is 10.3. The highest BCUT2D eigenvalue weighted by Crippen LogP contribution is 2.44. The number of halogens is 1. The number of aryl methyl sites for hydroxylation is 1. The van der Waals surface area contributed by atoms with Crippen molar-refractivity contribution in [1.29, 1.82) is 0 Å². The highest BCUT2D eigenvalue weighted by atomic mass is 35.5. The Hall–Kier alpha value is -1.67. The molecule has 0 aliphatic carbocycles. The monoisotopic (exact) mass is 448 g/mol. The fraction of sp³-hybridized carbons (Fsp3) is 0.500. The van der Waals surface area contributed by atoms with Crippen LogP contribution >= 0.6 is 11.6 Å². The van der Waals surface area contributed by atoms with Gasteiger partial charge in [-0.15, -0.1) is 0 Å². The summed E-state index contributed by atoms with van der Waals surface area (Å²) >= 11 is 6.68. The van der Waals surface area contributed by atoms with Crippen molar-refractivity contribution in [3.05, 3.63) is 63.2 Å².